The van der Waals surface area contributed by atoms with Crippen LogP contribution in [-0.4, -0.2) is 49.8 Å². The lowest BCUT2D eigenvalue weighted by Crippen LogP contribution is -3.00. The van der Waals surface area contributed by atoms with Gasteiger partial charge >= 0.3 is 12.0 Å². The normalized spacial score (nSPS) is 12.2. The molecule has 2 N–H and O–H groups in total. The Hall–Kier alpha value is -2.62. The number of rotatable bonds is 12. The summed E-state index contributed by atoms with van der Waals surface area (Å²) in [5, 5.41) is 0.730. The van der Waals surface area contributed by atoms with Gasteiger partial charge in [-0.2, -0.15) is 0 Å². The number of amides is 2. The zero-order chi connectivity index (χ0) is 26.0. The molecule has 0 aliphatic heterocycles. The molecule has 0 bridgehead atoms. The third-order valence-electron chi connectivity index (χ3n) is 6.70. The molecule has 0 saturated carbocycles. The SMILES string of the molecule is CC[N+](CCCN(C(N)=O)c1ccccc1)(CCc1ccc(Cl)cc1)Cc1ccc(C(=O)OC)cc1.[I-]. The first-order valence-electron chi connectivity index (χ1n) is 12.2. The Morgan fingerprint density at radius 2 is 1.54 bits per heavy atom. The van der Waals surface area contributed by atoms with Gasteiger partial charge in [0.2, 0.25) is 0 Å². The molecule has 198 valence electrons. The zero-order valence-electron chi connectivity index (χ0n) is 21.4. The molecule has 0 fully saturated rings. The van der Waals surface area contributed by atoms with Gasteiger partial charge in [0.05, 0.1) is 32.3 Å². The number of methoxy groups -OCH3 is 1. The van der Waals surface area contributed by atoms with Crippen molar-refractivity contribution < 1.29 is 42.8 Å². The second kappa shape index (κ2) is 15.0. The van der Waals surface area contributed by atoms with E-state index in [-0.39, 0.29) is 29.9 Å². The largest absolute Gasteiger partial charge is 1.00 e. The van der Waals surface area contributed by atoms with Crippen molar-refractivity contribution >= 4 is 29.3 Å². The lowest BCUT2D eigenvalue weighted by molar-refractivity contribution is -0.939. The van der Waals surface area contributed by atoms with Crippen LogP contribution in [0.4, 0.5) is 10.5 Å². The van der Waals surface area contributed by atoms with E-state index in [0.717, 1.165) is 59.8 Å². The number of hydrogen-bond donors (Lipinski definition) is 1. The fourth-order valence-corrected chi connectivity index (χ4v) is 4.63. The van der Waals surface area contributed by atoms with Crippen LogP contribution >= 0.6 is 11.6 Å². The molecule has 3 rings (SSSR count). The molecule has 0 aliphatic rings. The van der Waals surface area contributed by atoms with Gasteiger partial charge in [0.25, 0.3) is 0 Å². The minimum atomic E-state index is -0.449. The van der Waals surface area contributed by atoms with Gasteiger partial charge in [-0.15, -0.1) is 0 Å². The van der Waals surface area contributed by atoms with E-state index in [9.17, 15) is 9.59 Å². The third kappa shape index (κ3) is 9.02. The van der Waals surface area contributed by atoms with Crippen LogP contribution in [0.2, 0.25) is 5.02 Å². The number of hydrogen-bond acceptors (Lipinski definition) is 3. The summed E-state index contributed by atoms with van der Waals surface area (Å²) < 4.78 is 5.67. The predicted octanol–water partition coefficient (Wildman–Crippen LogP) is 2.69. The molecule has 6 nitrogen and oxygen atoms in total. The molecule has 0 aliphatic carbocycles. The highest BCUT2D eigenvalue weighted by Crippen LogP contribution is 2.21. The number of likely N-dealkylation sites (N-methyl/N-ethyl adjacent to an activating group) is 1. The van der Waals surface area contributed by atoms with E-state index >= 15 is 0 Å². The number of nitrogens with zero attached hydrogens (tertiary/aromatic N) is 2. The number of carbonyl (C=O) groups excluding carboxylic acids is 2. The van der Waals surface area contributed by atoms with E-state index in [1.165, 1.54) is 12.7 Å². The first kappa shape index (κ1) is 30.6. The summed E-state index contributed by atoms with van der Waals surface area (Å²) in [7, 11) is 1.39. The van der Waals surface area contributed by atoms with Crippen LogP contribution < -0.4 is 34.6 Å². The molecule has 0 heterocycles. The zero-order valence-corrected chi connectivity index (χ0v) is 24.3. The number of nitrogens with two attached hydrogens (primary N) is 1. The minimum Gasteiger partial charge on any atom is -1.00 e. The van der Waals surface area contributed by atoms with E-state index in [1.807, 2.05) is 66.7 Å². The Morgan fingerprint density at radius 1 is 0.919 bits per heavy atom. The lowest BCUT2D eigenvalue weighted by atomic mass is 10.1. The van der Waals surface area contributed by atoms with Gasteiger partial charge in [-0.1, -0.05) is 54.1 Å². The summed E-state index contributed by atoms with van der Waals surface area (Å²) in [5.74, 6) is -0.340. The molecule has 0 saturated heterocycles. The number of benzene rings is 3. The molecule has 1 unspecified atom stereocenters. The Bertz CT molecular complexity index is 1130. The van der Waals surface area contributed by atoms with E-state index in [2.05, 4.69) is 19.1 Å². The lowest BCUT2D eigenvalue weighted by Gasteiger charge is -2.39. The van der Waals surface area contributed by atoms with E-state index in [1.54, 1.807) is 4.90 Å². The highest BCUT2D eigenvalue weighted by atomic mass is 127. The summed E-state index contributed by atoms with van der Waals surface area (Å²) in [6.45, 7) is 6.29. The molecule has 0 aromatic heterocycles. The van der Waals surface area contributed by atoms with Crippen molar-refractivity contribution in [2.45, 2.75) is 26.3 Å². The molecule has 2 amide bonds. The summed E-state index contributed by atoms with van der Waals surface area (Å²) in [5.41, 5.74) is 9.43. The summed E-state index contributed by atoms with van der Waals surface area (Å²) >= 11 is 6.08. The van der Waals surface area contributed by atoms with Crippen LogP contribution in [0.25, 0.3) is 0 Å². The first-order valence-corrected chi connectivity index (χ1v) is 12.6. The molecule has 0 spiro atoms. The number of para-hydroxylation sites is 1. The van der Waals surface area contributed by atoms with Crippen molar-refractivity contribution in [1.29, 1.82) is 0 Å². The first-order chi connectivity index (χ1) is 17.4. The van der Waals surface area contributed by atoms with Crippen LogP contribution in [0.15, 0.2) is 78.9 Å². The number of quaternary nitrogens is 1. The van der Waals surface area contributed by atoms with Crippen molar-refractivity contribution in [2.24, 2.45) is 5.73 Å². The van der Waals surface area contributed by atoms with Crippen molar-refractivity contribution in [1.82, 2.24) is 0 Å². The van der Waals surface area contributed by atoms with Gasteiger partial charge < -0.3 is 38.9 Å². The number of carbonyl (C=O) groups is 2. The van der Waals surface area contributed by atoms with E-state index in [4.69, 9.17) is 22.1 Å². The highest BCUT2D eigenvalue weighted by Gasteiger charge is 2.27. The van der Waals surface area contributed by atoms with Crippen LogP contribution in [0.5, 0.6) is 0 Å². The summed E-state index contributed by atoms with van der Waals surface area (Å²) in [6, 6.07) is 24.7. The molecular weight excluding hydrogens is 601 g/mol. The standard InChI is InChI=1S/C29H34ClN3O3.HI/c1-3-33(21-18-23-12-16-26(30)17-13-23,22-24-10-14-25(15-11-24)28(34)36-2)20-7-19-32(29(31)35)27-8-5-4-6-9-27;/h4-6,8-17H,3,7,18-22H2,1-2H3,(H-,31,35);1H. The average Bonchev–Trinajstić information content (AvgIpc) is 2.90. The quantitative estimate of drug-likeness (QED) is 0.189. The number of urea groups is 1. The van der Waals surface area contributed by atoms with Crippen molar-refractivity contribution in [3.8, 4) is 0 Å². The maximum absolute atomic E-state index is 12.2. The topological polar surface area (TPSA) is 72.6 Å². The Balaban J connectivity index is 0.00000481. The summed E-state index contributed by atoms with van der Waals surface area (Å²) in [6.07, 6.45) is 1.70. The highest BCUT2D eigenvalue weighted by molar-refractivity contribution is 6.30. The van der Waals surface area contributed by atoms with Gasteiger partial charge in [0, 0.05) is 35.7 Å². The van der Waals surface area contributed by atoms with Crippen LogP contribution in [-0.2, 0) is 17.7 Å². The molecule has 1 atom stereocenters. The number of anilines is 1. The predicted molar refractivity (Wildman–Crippen MR) is 145 cm³/mol. The van der Waals surface area contributed by atoms with Crippen LogP contribution in [0.3, 0.4) is 0 Å². The van der Waals surface area contributed by atoms with Crippen molar-refractivity contribution in [3.05, 3.63) is 101 Å². The Labute approximate surface area is 242 Å². The third-order valence-corrected chi connectivity index (χ3v) is 6.95. The van der Waals surface area contributed by atoms with Crippen LogP contribution in [0.1, 0.15) is 34.8 Å². The fraction of sp³-hybridized carbons (Fsp3) is 0.310. The van der Waals surface area contributed by atoms with Crippen molar-refractivity contribution in [2.75, 3.05) is 38.2 Å². The maximum atomic E-state index is 12.2. The molecular formula is C29H35ClIN3O3. The maximum Gasteiger partial charge on any atom is 0.337 e. The summed E-state index contributed by atoms with van der Waals surface area (Å²) in [4.78, 5) is 25.6. The Morgan fingerprint density at radius 3 is 2.11 bits per heavy atom. The molecule has 3 aromatic rings. The van der Waals surface area contributed by atoms with Crippen molar-refractivity contribution in [3.63, 3.8) is 0 Å². The molecule has 3 aromatic carbocycles. The van der Waals surface area contributed by atoms with Gasteiger partial charge in [-0.05, 0) is 48.9 Å². The van der Waals surface area contributed by atoms with Gasteiger partial charge in [-0.25, -0.2) is 9.59 Å². The molecule has 8 heteroatoms. The van der Waals surface area contributed by atoms with Crippen LogP contribution in [0, 0.1) is 0 Å². The van der Waals surface area contributed by atoms with Gasteiger partial charge in [-0.3, -0.25) is 4.90 Å². The molecule has 0 radical (unpaired) electrons. The van der Waals surface area contributed by atoms with Gasteiger partial charge in [0.15, 0.2) is 0 Å². The number of primary amides is 1. The van der Waals surface area contributed by atoms with E-state index in [0.29, 0.717) is 12.1 Å². The number of halogens is 2. The average molecular weight is 636 g/mol. The van der Waals surface area contributed by atoms with E-state index < -0.39 is 6.03 Å². The monoisotopic (exact) mass is 635 g/mol. The minimum absolute atomic E-state index is 0. The van der Waals surface area contributed by atoms with Gasteiger partial charge in [0.1, 0.15) is 6.54 Å². The Kier molecular flexibility index (Phi) is 12.4. The fourth-order valence-electron chi connectivity index (χ4n) is 4.51. The number of ether oxygens (including phenoxy) is 1. The smallest absolute Gasteiger partial charge is 0.337 e. The second-order valence-corrected chi connectivity index (χ2v) is 9.44. The number of esters is 1. The molecule has 37 heavy (non-hydrogen) atoms. The second-order valence-electron chi connectivity index (χ2n) is 9.01.